The molecule has 0 aliphatic heterocycles. The van der Waals surface area contributed by atoms with E-state index in [-0.39, 0.29) is 5.56 Å². The highest BCUT2D eigenvalue weighted by molar-refractivity contribution is 9.11. The van der Waals surface area contributed by atoms with E-state index in [1.165, 1.54) is 23.5 Å². The van der Waals surface area contributed by atoms with Crippen LogP contribution in [-0.2, 0) is 6.18 Å². The molecule has 18 heavy (non-hydrogen) atoms. The molecular weight excluding hydrogens is 327 g/mol. The summed E-state index contributed by atoms with van der Waals surface area (Å²) in [4.78, 5) is 0. The second kappa shape index (κ2) is 5.03. The molecule has 2 rings (SSSR count). The Kier molecular flexibility index (Phi) is 3.79. The number of rotatable bonds is 2. The second-order valence-corrected chi connectivity index (χ2v) is 6.04. The van der Waals surface area contributed by atoms with Crippen molar-refractivity contribution in [2.75, 3.05) is 0 Å². The highest BCUT2D eigenvalue weighted by atomic mass is 79.9. The van der Waals surface area contributed by atoms with Gasteiger partial charge in [-0.15, -0.1) is 11.3 Å². The van der Waals surface area contributed by atoms with Gasteiger partial charge in [-0.3, -0.25) is 0 Å². The van der Waals surface area contributed by atoms with Crippen molar-refractivity contribution in [3.05, 3.63) is 56.2 Å². The number of hydrogen-bond acceptors (Lipinski definition) is 2. The van der Waals surface area contributed by atoms with Crippen LogP contribution in [0, 0.1) is 0 Å². The van der Waals surface area contributed by atoms with Crippen molar-refractivity contribution in [2.45, 2.75) is 12.2 Å². The van der Waals surface area contributed by atoms with Crippen LogP contribution in [0.2, 0.25) is 0 Å². The highest BCUT2D eigenvalue weighted by Gasteiger charge is 2.34. The summed E-state index contributed by atoms with van der Waals surface area (Å²) in [5, 5.41) is 1.75. The van der Waals surface area contributed by atoms with Gasteiger partial charge in [-0.1, -0.05) is 18.2 Å². The monoisotopic (exact) mass is 335 g/mol. The lowest BCUT2D eigenvalue weighted by molar-refractivity contribution is -0.138. The van der Waals surface area contributed by atoms with E-state index in [9.17, 15) is 13.2 Å². The van der Waals surface area contributed by atoms with Gasteiger partial charge < -0.3 is 5.73 Å². The molecule has 1 heterocycles. The zero-order valence-corrected chi connectivity index (χ0v) is 11.4. The normalized spacial score (nSPS) is 13.6. The first-order valence-electron chi connectivity index (χ1n) is 5.05. The Morgan fingerprint density at radius 1 is 1.22 bits per heavy atom. The molecule has 0 aliphatic carbocycles. The maximum absolute atomic E-state index is 12.9. The van der Waals surface area contributed by atoms with Gasteiger partial charge in [0.1, 0.15) is 0 Å². The van der Waals surface area contributed by atoms with Gasteiger partial charge in [0.25, 0.3) is 0 Å². The number of thiophene rings is 1. The van der Waals surface area contributed by atoms with E-state index in [4.69, 9.17) is 5.73 Å². The third-order valence-corrected chi connectivity index (χ3v) is 4.07. The Hall–Kier alpha value is -0.850. The lowest BCUT2D eigenvalue weighted by Gasteiger charge is -2.17. The summed E-state index contributed by atoms with van der Waals surface area (Å²) in [5.41, 5.74) is 6.00. The molecule has 6 heteroatoms. The van der Waals surface area contributed by atoms with E-state index < -0.39 is 17.8 Å². The molecular formula is C12H9BrF3NS. The fourth-order valence-corrected chi connectivity index (χ4v) is 2.90. The van der Waals surface area contributed by atoms with Crippen molar-refractivity contribution < 1.29 is 13.2 Å². The molecule has 0 bridgehead atoms. The summed E-state index contributed by atoms with van der Waals surface area (Å²) in [5.74, 6) is 0. The van der Waals surface area contributed by atoms with Crippen LogP contribution in [0.15, 0.2) is 39.5 Å². The quantitative estimate of drug-likeness (QED) is 0.854. The maximum Gasteiger partial charge on any atom is 0.416 e. The van der Waals surface area contributed by atoms with Crippen molar-refractivity contribution in [2.24, 2.45) is 5.73 Å². The largest absolute Gasteiger partial charge is 0.416 e. The van der Waals surface area contributed by atoms with Gasteiger partial charge in [0.15, 0.2) is 0 Å². The summed E-state index contributed by atoms with van der Waals surface area (Å²) in [6.07, 6.45) is -4.39. The van der Waals surface area contributed by atoms with Crippen LogP contribution < -0.4 is 5.73 Å². The Labute approximate surface area is 115 Å². The Morgan fingerprint density at radius 3 is 2.44 bits per heavy atom. The first kappa shape index (κ1) is 13.6. The van der Waals surface area contributed by atoms with Crippen LogP contribution in [0.25, 0.3) is 0 Å². The predicted molar refractivity (Wildman–Crippen MR) is 69.5 cm³/mol. The van der Waals surface area contributed by atoms with E-state index in [1.807, 2.05) is 0 Å². The molecule has 0 aliphatic rings. The molecule has 1 aromatic carbocycles. The molecule has 0 saturated carbocycles. The number of hydrogen-bond donors (Lipinski definition) is 1. The smallest absolute Gasteiger partial charge is 0.320 e. The predicted octanol–water partition coefficient (Wildman–Crippen LogP) is 4.58. The molecule has 0 radical (unpaired) electrons. The zero-order chi connectivity index (χ0) is 13.3. The molecule has 96 valence electrons. The molecule has 0 saturated heterocycles. The topological polar surface area (TPSA) is 26.0 Å². The molecule has 1 unspecified atom stereocenters. The van der Waals surface area contributed by atoms with Crippen LogP contribution in [0.3, 0.4) is 0 Å². The second-order valence-electron chi connectivity index (χ2n) is 3.75. The lowest BCUT2D eigenvalue weighted by Crippen LogP contribution is -2.17. The van der Waals surface area contributed by atoms with E-state index in [1.54, 1.807) is 17.5 Å². The minimum atomic E-state index is -4.39. The highest BCUT2D eigenvalue weighted by Crippen LogP contribution is 2.36. The SMILES string of the molecule is NC(c1csc(Br)c1)c1ccccc1C(F)(F)F. The van der Waals surface area contributed by atoms with Gasteiger partial charge in [-0.25, -0.2) is 0 Å². The van der Waals surface area contributed by atoms with Crippen molar-refractivity contribution in [1.82, 2.24) is 0 Å². The van der Waals surface area contributed by atoms with Gasteiger partial charge in [0.2, 0.25) is 0 Å². The number of halogens is 4. The zero-order valence-electron chi connectivity index (χ0n) is 9.04. The minimum absolute atomic E-state index is 0.0929. The first-order chi connectivity index (χ1) is 8.39. The van der Waals surface area contributed by atoms with E-state index in [0.29, 0.717) is 5.56 Å². The molecule has 1 aromatic heterocycles. The summed E-state index contributed by atoms with van der Waals surface area (Å²) in [6.45, 7) is 0. The molecule has 2 N–H and O–H groups in total. The van der Waals surface area contributed by atoms with E-state index >= 15 is 0 Å². The van der Waals surface area contributed by atoms with Gasteiger partial charge in [-0.2, -0.15) is 13.2 Å². The average molecular weight is 336 g/mol. The third kappa shape index (κ3) is 2.76. The van der Waals surface area contributed by atoms with Crippen LogP contribution in [0.1, 0.15) is 22.7 Å². The fourth-order valence-electron chi connectivity index (χ4n) is 1.69. The summed E-state index contributed by atoms with van der Waals surface area (Å²) in [7, 11) is 0. The van der Waals surface area contributed by atoms with Crippen LogP contribution in [0.4, 0.5) is 13.2 Å². The molecule has 1 atom stereocenters. The van der Waals surface area contributed by atoms with Crippen molar-refractivity contribution in [1.29, 1.82) is 0 Å². The van der Waals surface area contributed by atoms with E-state index in [0.717, 1.165) is 9.85 Å². The Morgan fingerprint density at radius 2 is 1.89 bits per heavy atom. The Bertz CT molecular complexity index is 550. The van der Waals surface area contributed by atoms with Crippen molar-refractivity contribution in [3.63, 3.8) is 0 Å². The molecule has 1 nitrogen and oxygen atoms in total. The summed E-state index contributed by atoms with van der Waals surface area (Å²) in [6, 6.07) is 6.36. The van der Waals surface area contributed by atoms with Crippen LogP contribution in [0.5, 0.6) is 0 Å². The summed E-state index contributed by atoms with van der Waals surface area (Å²) >= 11 is 4.67. The Balaban J connectivity index is 2.45. The minimum Gasteiger partial charge on any atom is -0.320 e. The van der Waals surface area contributed by atoms with Gasteiger partial charge in [0, 0.05) is 0 Å². The standard InChI is InChI=1S/C12H9BrF3NS/c13-10-5-7(6-18-10)11(17)8-3-1-2-4-9(8)12(14,15)16/h1-6,11H,17H2. The first-order valence-corrected chi connectivity index (χ1v) is 6.72. The molecule has 2 aromatic rings. The number of benzene rings is 1. The van der Waals surface area contributed by atoms with Crippen LogP contribution in [-0.4, -0.2) is 0 Å². The van der Waals surface area contributed by atoms with Gasteiger partial charge in [-0.05, 0) is 44.6 Å². The van der Waals surface area contributed by atoms with Gasteiger partial charge in [0.05, 0.1) is 15.4 Å². The molecule has 0 spiro atoms. The number of alkyl halides is 3. The van der Waals surface area contributed by atoms with E-state index in [2.05, 4.69) is 15.9 Å². The fraction of sp³-hybridized carbons (Fsp3) is 0.167. The lowest BCUT2D eigenvalue weighted by atomic mass is 9.97. The average Bonchev–Trinajstić information content (AvgIpc) is 2.74. The maximum atomic E-state index is 12.9. The van der Waals surface area contributed by atoms with Crippen molar-refractivity contribution >= 4 is 27.3 Å². The van der Waals surface area contributed by atoms with Crippen LogP contribution >= 0.6 is 27.3 Å². The molecule has 0 amide bonds. The third-order valence-electron chi connectivity index (χ3n) is 2.55. The number of nitrogens with two attached hydrogens (primary N) is 1. The molecule has 0 fully saturated rings. The van der Waals surface area contributed by atoms with Crippen molar-refractivity contribution in [3.8, 4) is 0 Å². The van der Waals surface area contributed by atoms with Gasteiger partial charge >= 0.3 is 6.18 Å². The summed E-state index contributed by atoms with van der Waals surface area (Å²) < 4.78 is 39.4.